The molecule has 17 heavy (non-hydrogen) atoms. The van der Waals surface area contributed by atoms with Crippen molar-refractivity contribution in [2.24, 2.45) is 0 Å². The van der Waals surface area contributed by atoms with Gasteiger partial charge in [-0.2, -0.15) is 0 Å². The van der Waals surface area contributed by atoms with E-state index in [-0.39, 0.29) is 5.75 Å². The molecule has 0 saturated heterocycles. The molecule has 0 atom stereocenters. The lowest BCUT2D eigenvalue weighted by Crippen LogP contribution is -1.95. The molecule has 3 nitrogen and oxygen atoms in total. The highest BCUT2D eigenvalue weighted by Crippen LogP contribution is 2.32. The third kappa shape index (κ3) is 1.47. The van der Waals surface area contributed by atoms with Crippen LogP contribution >= 0.6 is 11.6 Å². The largest absolute Gasteiger partial charge is 0.507 e. The van der Waals surface area contributed by atoms with Crippen LogP contribution in [0.25, 0.3) is 21.7 Å². The molecule has 0 aliphatic carbocycles. The molecule has 0 fully saturated rings. The molecular formula is C13H7ClO3. The molecule has 0 unspecified atom stereocenters. The van der Waals surface area contributed by atoms with Gasteiger partial charge in [0.1, 0.15) is 11.3 Å². The van der Waals surface area contributed by atoms with Crippen LogP contribution in [0.4, 0.5) is 0 Å². The van der Waals surface area contributed by atoms with Gasteiger partial charge in [0.05, 0.1) is 11.5 Å². The molecule has 1 N–H and O–H groups in total. The van der Waals surface area contributed by atoms with Crippen LogP contribution in [0.5, 0.6) is 5.75 Å². The number of halogens is 1. The number of aromatic hydroxyl groups is 1. The van der Waals surface area contributed by atoms with Gasteiger partial charge in [0.2, 0.25) is 0 Å². The Labute approximate surface area is 101 Å². The Balaban J connectivity index is 2.64. The zero-order chi connectivity index (χ0) is 12.0. The summed E-state index contributed by atoms with van der Waals surface area (Å²) in [7, 11) is 0. The van der Waals surface area contributed by atoms with Gasteiger partial charge in [0, 0.05) is 15.8 Å². The molecule has 4 heteroatoms. The fraction of sp³-hybridized carbons (Fsp3) is 0. The number of fused-ring (bicyclic) bond motifs is 3. The van der Waals surface area contributed by atoms with Gasteiger partial charge in [-0.3, -0.25) is 0 Å². The first-order valence-corrected chi connectivity index (χ1v) is 5.38. The third-order valence-corrected chi connectivity index (χ3v) is 3.02. The quantitative estimate of drug-likeness (QED) is 0.489. The van der Waals surface area contributed by atoms with Crippen LogP contribution in [-0.4, -0.2) is 5.11 Å². The minimum atomic E-state index is -0.581. The van der Waals surface area contributed by atoms with Crippen LogP contribution in [0.15, 0.2) is 45.6 Å². The smallest absolute Gasteiger partial charge is 0.339 e. The van der Waals surface area contributed by atoms with Crippen molar-refractivity contribution in [3.8, 4) is 5.75 Å². The molecule has 84 valence electrons. The second-order valence-electron chi connectivity index (χ2n) is 3.73. The Morgan fingerprint density at radius 3 is 2.65 bits per heavy atom. The first-order chi connectivity index (χ1) is 8.16. The second-order valence-corrected chi connectivity index (χ2v) is 4.14. The molecule has 3 rings (SSSR count). The van der Waals surface area contributed by atoms with Crippen molar-refractivity contribution in [3.05, 3.63) is 51.8 Å². The Kier molecular flexibility index (Phi) is 2.09. The minimum absolute atomic E-state index is 0.0851. The molecule has 0 bridgehead atoms. The molecular weight excluding hydrogens is 240 g/mol. The van der Waals surface area contributed by atoms with Gasteiger partial charge in [0.15, 0.2) is 0 Å². The van der Waals surface area contributed by atoms with Crippen LogP contribution in [0.2, 0.25) is 5.02 Å². The lowest BCUT2D eigenvalue weighted by atomic mass is 10.1. The third-order valence-electron chi connectivity index (χ3n) is 2.69. The zero-order valence-corrected chi connectivity index (χ0v) is 9.36. The fourth-order valence-electron chi connectivity index (χ4n) is 1.92. The van der Waals surface area contributed by atoms with Gasteiger partial charge < -0.3 is 9.52 Å². The molecule has 0 aliphatic rings. The zero-order valence-electron chi connectivity index (χ0n) is 8.61. The second kappa shape index (κ2) is 3.50. The van der Waals surface area contributed by atoms with Gasteiger partial charge in [0.25, 0.3) is 0 Å². The van der Waals surface area contributed by atoms with Crippen LogP contribution in [0.1, 0.15) is 0 Å². The summed E-state index contributed by atoms with van der Waals surface area (Å²) >= 11 is 6.05. The predicted octanol–water partition coefficient (Wildman–Crippen LogP) is 3.31. The van der Waals surface area contributed by atoms with E-state index in [0.29, 0.717) is 21.4 Å². The van der Waals surface area contributed by atoms with E-state index in [9.17, 15) is 9.90 Å². The summed E-state index contributed by atoms with van der Waals surface area (Å²) in [5.41, 5.74) is -0.225. The van der Waals surface area contributed by atoms with E-state index < -0.39 is 5.63 Å². The Hall–Kier alpha value is -2.00. The van der Waals surface area contributed by atoms with Gasteiger partial charge in [-0.1, -0.05) is 29.8 Å². The van der Waals surface area contributed by atoms with Crippen LogP contribution in [0, 0.1) is 0 Å². The number of hydrogen-bond donors (Lipinski definition) is 1. The molecule has 0 aliphatic heterocycles. The van der Waals surface area contributed by atoms with Crippen molar-refractivity contribution >= 4 is 33.3 Å². The summed E-state index contributed by atoms with van der Waals surface area (Å²) in [6.07, 6.45) is 0. The maximum atomic E-state index is 11.3. The summed E-state index contributed by atoms with van der Waals surface area (Å²) in [5, 5.41) is 12.3. The van der Waals surface area contributed by atoms with E-state index >= 15 is 0 Å². The normalized spacial score (nSPS) is 11.1. The summed E-state index contributed by atoms with van der Waals surface area (Å²) < 4.78 is 5.14. The molecule has 1 heterocycles. The maximum absolute atomic E-state index is 11.3. The lowest BCUT2D eigenvalue weighted by molar-refractivity contribution is 0.468. The standard InChI is InChI=1S/C13H7ClO3/c14-10-3-1-2-8-7(10)4-5-9-11(15)6-12(16)17-13(8)9/h1-6,15H. The molecule has 0 amide bonds. The van der Waals surface area contributed by atoms with E-state index in [2.05, 4.69) is 0 Å². The van der Waals surface area contributed by atoms with E-state index in [1.165, 1.54) is 0 Å². The monoisotopic (exact) mass is 246 g/mol. The van der Waals surface area contributed by atoms with E-state index in [4.69, 9.17) is 16.0 Å². The van der Waals surface area contributed by atoms with Crippen LogP contribution in [-0.2, 0) is 0 Å². The highest BCUT2D eigenvalue weighted by Gasteiger charge is 2.09. The van der Waals surface area contributed by atoms with Crippen molar-refractivity contribution < 1.29 is 9.52 Å². The van der Waals surface area contributed by atoms with Crippen LogP contribution < -0.4 is 5.63 Å². The Morgan fingerprint density at radius 2 is 1.82 bits per heavy atom. The van der Waals surface area contributed by atoms with Gasteiger partial charge in [-0.25, -0.2) is 4.79 Å². The minimum Gasteiger partial charge on any atom is -0.507 e. The van der Waals surface area contributed by atoms with Crippen molar-refractivity contribution in [2.75, 3.05) is 0 Å². The summed E-state index contributed by atoms with van der Waals surface area (Å²) in [4.78, 5) is 11.3. The fourth-order valence-corrected chi connectivity index (χ4v) is 2.16. The molecule has 0 saturated carbocycles. The number of benzene rings is 2. The summed E-state index contributed by atoms with van der Waals surface area (Å²) in [6.45, 7) is 0. The average molecular weight is 247 g/mol. The Morgan fingerprint density at radius 1 is 1.06 bits per heavy atom. The molecule has 0 radical (unpaired) electrons. The summed E-state index contributed by atoms with van der Waals surface area (Å²) in [5.74, 6) is -0.0851. The Bertz CT molecular complexity index is 790. The molecule has 3 aromatic rings. The average Bonchev–Trinajstić information content (AvgIpc) is 2.29. The lowest BCUT2D eigenvalue weighted by Gasteiger charge is -2.04. The van der Waals surface area contributed by atoms with Gasteiger partial charge in [-0.15, -0.1) is 0 Å². The topological polar surface area (TPSA) is 50.4 Å². The van der Waals surface area contributed by atoms with Crippen molar-refractivity contribution in [2.45, 2.75) is 0 Å². The van der Waals surface area contributed by atoms with Crippen molar-refractivity contribution in [1.29, 1.82) is 0 Å². The predicted molar refractivity (Wildman–Crippen MR) is 66.7 cm³/mol. The van der Waals surface area contributed by atoms with Gasteiger partial charge >= 0.3 is 5.63 Å². The molecule has 0 spiro atoms. The van der Waals surface area contributed by atoms with Gasteiger partial charge in [-0.05, 0) is 12.1 Å². The van der Waals surface area contributed by atoms with E-state index in [1.807, 2.05) is 0 Å². The number of hydrogen-bond acceptors (Lipinski definition) is 3. The van der Waals surface area contributed by atoms with E-state index in [0.717, 1.165) is 11.5 Å². The molecule has 1 aromatic heterocycles. The maximum Gasteiger partial charge on any atom is 0.339 e. The molecule has 2 aromatic carbocycles. The first kappa shape index (κ1) is 10.2. The highest BCUT2D eigenvalue weighted by molar-refractivity contribution is 6.36. The van der Waals surface area contributed by atoms with Crippen molar-refractivity contribution in [3.63, 3.8) is 0 Å². The SMILES string of the molecule is O=c1cc(O)c2ccc3c(Cl)cccc3c2o1. The number of rotatable bonds is 0. The highest BCUT2D eigenvalue weighted by atomic mass is 35.5. The van der Waals surface area contributed by atoms with Crippen molar-refractivity contribution in [1.82, 2.24) is 0 Å². The van der Waals surface area contributed by atoms with E-state index in [1.54, 1.807) is 30.3 Å². The first-order valence-electron chi connectivity index (χ1n) is 5.01. The van der Waals surface area contributed by atoms with Crippen LogP contribution in [0.3, 0.4) is 0 Å². The summed E-state index contributed by atoms with van der Waals surface area (Å²) in [6, 6.07) is 9.86.